The van der Waals surface area contributed by atoms with Gasteiger partial charge in [0, 0.05) is 5.69 Å². The minimum atomic E-state index is -1.19. The van der Waals surface area contributed by atoms with E-state index in [4.69, 9.17) is 5.73 Å². The van der Waals surface area contributed by atoms with E-state index in [9.17, 15) is 9.59 Å². The molecular formula is C19H24ClN3O2. The predicted octanol–water partition coefficient (Wildman–Crippen LogP) is 2.60. The zero-order valence-corrected chi connectivity index (χ0v) is 15.2. The molecule has 134 valence electrons. The summed E-state index contributed by atoms with van der Waals surface area (Å²) in [6.45, 7) is 3.54. The van der Waals surface area contributed by atoms with Crippen LogP contribution in [0.3, 0.4) is 0 Å². The molecule has 0 spiro atoms. The Bertz CT molecular complexity index is 718. The van der Waals surface area contributed by atoms with Crippen molar-refractivity contribution in [2.45, 2.75) is 25.8 Å². The number of rotatable bonds is 6. The molecule has 0 heterocycles. The number of halogens is 1. The maximum absolute atomic E-state index is 12.3. The van der Waals surface area contributed by atoms with Gasteiger partial charge in [0.15, 0.2) is 0 Å². The van der Waals surface area contributed by atoms with Gasteiger partial charge in [0.05, 0.1) is 6.54 Å². The maximum atomic E-state index is 12.3. The van der Waals surface area contributed by atoms with Crippen molar-refractivity contribution in [1.82, 2.24) is 5.32 Å². The molecule has 1 atom stereocenters. The van der Waals surface area contributed by atoms with Gasteiger partial charge >= 0.3 is 0 Å². The fourth-order valence-electron chi connectivity index (χ4n) is 2.33. The lowest BCUT2D eigenvalue weighted by atomic mass is 9.92. The smallest absolute Gasteiger partial charge is 0.244 e. The molecule has 5 nitrogen and oxygen atoms in total. The first kappa shape index (κ1) is 20.7. The van der Waals surface area contributed by atoms with Gasteiger partial charge in [0.25, 0.3) is 0 Å². The summed E-state index contributed by atoms with van der Waals surface area (Å²) in [6.07, 6.45) is 0.892. The van der Waals surface area contributed by atoms with Crippen LogP contribution < -0.4 is 16.4 Å². The van der Waals surface area contributed by atoms with Crippen molar-refractivity contribution < 1.29 is 9.59 Å². The summed E-state index contributed by atoms with van der Waals surface area (Å²) in [4.78, 5) is 24.3. The van der Waals surface area contributed by atoms with E-state index in [1.165, 1.54) is 0 Å². The number of carbonyl (C=O) groups is 2. The Morgan fingerprint density at radius 1 is 1.08 bits per heavy atom. The van der Waals surface area contributed by atoms with Crippen LogP contribution in [0.2, 0.25) is 0 Å². The average molecular weight is 362 g/mol. The highest BCUT2D eigenvalue weighted by atomic mass is 35.5. The molecule has 0 saturated heterocycles. The summed E-state index contributed by atoms with van der Waals surface area (Å²) in [5, 5.41) is 5.36. The van der Waals surface area contributed by atoms with Crippen LogP contribution in [-0.4, -0.2) is 18.4 Å². The standard InChI is InChI=1S/C19H23N3O2.ClH/c1-3-14-8-7-11-16(12-14)22-17(23)13-21-18(24)19(2,20)15-9-5-4-6-10-15;/h4-12H,3,13,20H2,1-2H3,(H,21,24)(H,22,23);1H. The van der Waals surface area contributed by atoms with E-state index in [1.807, 2.05) is 49.4 Å². The molecule has 0 aliphatic rings. The molecular weight excluding hydrogens is 338 g/mol. The van der Waals surface area contributed by atoms with Crippen LogP contribution in [0.5, 0.6) is 0 Å². The van der Waals surface area contributed by atoms with Crippen molar-refractivity contribution in [1.29, 1.82) is 0 Å². The zero-order chi connectivity index (χ0) is 17.6. The van der Waals surface area contributed by atoms with E-state index in [0.29, 0.717) is 11.3 Å². The molecule has 0 aliphatic heterocycles. The zero-order valence-electron chi connectivity index (χ0n) is 14.4. The second kappa shape index (κ2) is 9.20. The van der Waals surface area contributed by atoms with Crippen molar-refractivity contribution in [2.24, 2.45) is 5.73 Å². The normalized spacial score (nSPS) is 12.4. The Morgan fingerprint density at radius 2 is 1.76 bits per heavy atom. The number of nitrogens with one attached hydrogen (secondary N) is 2. The Labute approximate surface area is 154 Å². The van der Waals surface area contributed by atoms with Gasteiger partial charge in [-0.05, 0) is 36.6 Å². The van der Waals surface area contributed by atoms with Crippen LogP contribution in [0.25, 0.3) is 0 Å². The van der Waals surface area contributed by atoms with Gasteiger partial charge in [-0.1, -0.05) is 49.4 Å². The Hall–Kier alpha value is -2.37. The Balaban J connectivity index is 0.00000312. The quantitative estimate of drug-likeness (QED) is 0.739. The summed E-state index contributed by atoms with van der Waals surface area (Å²) in [5.41, 5.74) is 7.47. The molecule has 2 rings (SSSR count). The third-order valence-corrected chi connectivity index (χ3v) is 3.87. The van der Waals surface area contributed by atoms with Crippen molar-refractivity contribution in [3.8, 4) is 0 Å². The lowest BCUT2D eigenvalue weighted by Crippen LogP contribution is -2.50. The van der Waals surface area contributed by atoms with Crippen LogP contribution in [0.1, 0.15) is 25.0 Å². The number of carbonyl (C=O) groups excluding carboxylic acids is 2. The number of anilines is 1. The first-order valence-corrected chi connectivity index (χ1v) is 7.95. The number of nitrogens with two attached hydrogens (primary N) is 1. The van der Waals surface area contributed by atoms with Gasteiger partial charge in [-0.25, -0.2) is 0 Å². The van der Waals surface area contributed by atoms with E-state index in [1.54, 1.807) is 19.1 Å². The topological polar surface area (TPSA) is 84.2 Å². The summed E-state index contributed by atoms with van der Waals surface area (Å²) in [7, 11) is 0. The third kappa shape index (κ3) is 5.59. The van der Waals surface area contributed by atoms with Crippen LogP contribution in [0.15, 0.2) is 54.6 Å². The largest absolute Gasteiger partial charge is 0.345 e. The number of aryl methyl sites for hydroxylation is 1. The molecule has 2 aromatic carbocycles. The number of hydrogen-bond donors (Lipinski definition) is 3. The van der Waals surface area contributed by atoms with Crippen LogP contribution in [0, 0.1) is 0 Å². The second-order valence-electron chi connectivity index (χ2n) is 5.85. The first-order chi connectivity index (χ1) is 11.4. The van der Waals surface area contributed by atoms with Gasteiger partial charge in [-0.2, -0.15) is 0 Å². The average Bonchev–Trinajstić information content (AvgIpc) is 2.60. The highest BCUT2D eigenvalue weighted by molar-refractivity contribution is 5.96. The molecule has 0 aliphatic carbocycles. The highest BCUT2D eigenvalue weighted by Gasteiger charge is 2.30. The molecule has 0 aromatic heterocycles. The SMILES string of the molecule is CCc1cccc(NC(=O)CNC(=O)C(C)(N)c2ccccc2)c1.Cl. The van der Waals surface area contributed by atoms with E-state index in [0.717, 1.165) is 12.0 Å². The molecule has 25 heavy (non-hydrogen) atoms. The van der Waals surface area contributed by atoms with Gasteiger partial charge in [-0.15, -0.1) is 12.4 Å². The first-order valence-electron chi connectivity index (χ1n) is 7.95. The summed E-state index contributed by atoms with van der Waals surface area (Å²) >= 11 is 0. The fourth-order valence-corrected chi connectivity index (χ4v) is 2.33. The number of hydrogen-bond acceptors (Lipinski definition) is 3. The molecule has 2 aromatic rings. The lowest BCUT2D eigenvalue weighted by molar-refractivity contribution is -0.128. The van der Waals surface area contributed by atoms with Crippen LogP contribution >= 0.6 is 12.4 Å². The molecule has 0 radical (unpaired) electrons. The van der Waals surface area contributed by atoms with Gasteiger partial charge < -0.3 is 16.4 Å². The van der Waals surface area contributed by atoms with Gasteiger partial charge in [0.2, 0.25) is 11.8 Å². The van der Waals surface area contributed by atoms with Gasteiger partial charge in [0.1, 0.15) is 5.54 Å². The summed E-state index contributed by atoms with van der Waals surface area (Å²) < 4.78 is 0. The van der Waals surface area contributed by atoms with E-state index in [-0.39, 0.29) is 24.9 Å². The van der Waals surface area contributed by atoms with E-state index >= 15 is 0 Å². The molecule has 0 saturated carbocycles. The fraction of sp³-hybridized carbons (Fsp3) is 0.263. The minimum Gasteiger partial charge on any atom is -0.345 e. The monoisotopic (exact) mass is 361 g/mol. The molecule has 2 amide bonds. The number of amides is 2. The van der Waals surface area contributed by atoms with Crippen LogP contribution in [0.4, 0.5) is 5.69 Å². The number of benzene rings is 2. The Kier molecular flexibility index (Phi) is 7.61. The molecule has 6 heteroatoms. The third-order valence-electron chi connectivity index (χ3n) is 3.87. The van der Waals surface area contributed by atoms with E-state index < -0.39 is 11.4 Å². The molecule has 1 unspecified atom stereocenters. The minimum absolute atomic E-state index is 0. The Morgan fingerprint density at radius 3 is 2.40 bits per heavy atom. The van der Waals surface area contributed by atoms with Crippen molar-refractivity contribution in [3.05, 3.63) is 65.7 Å². The van der Waals surface area contributed by atoms with Crippen molar-refractivity contribution in [2.75, 3.05) is 11.9 Å². The molecule has 0 bridgehead atoms. The molecule has 0 fully saturated rings. The van der Waals surface area contributed by atoms with Crippen molar-refractivity contribution in [3.63, 3.8) is 0 Å². The van der Waals surface area contributed by atoms with Crippen molar-refractivity contribution >= 4 is 29.9 Å². The summed E-state index contributed by atoms with van der Waals surface area (Å²) in [6, 6.07) is 16.7. The highest BCUT2D eigenvalue weighted by Crippen LogP contribution is 2.17. The van der Waals surface area contributed by atoms with Crippen LogP contribution in [-0.2, 0) is 21.5 Å². The molecule has 4 N–H and O–H groups in total. The second-order valence-corrected chi connectivity index (χ2v) is 5.85. The van der Waals surface area contributed by atoms with E-state index in [2.05, 4.69) is 10.6 Å². The predicted molar refractivity (Wildman–Crippen MR) is 103 cm³/mol. The lowest BCUT2D eigenvalue weighted by Gasteiger charge is -2.23. The maximum Gasteiger partial charge on any atom is 0.244 e. The van der Waals surface area contributed by atoms with Gasteiger partial charge in [-0.3, -0.25) is 9.59 Å². The summed E-state index contributed by atoms with van der Waals surface area (Å²) in [5.74, 6) is -0.688.